The van der Waals surface area contributed by atoms with E-state index in [1.54, 1.807) is 0 Å². The lowest BCUT2D eigenvalue weighted by Gasteiger charge is -2.12. The minimum atomic E-state index is -1.49. The van der Waals surface area contributed by atoms with Crippen molar-refractivity contribution in [3.63, 3.8) is 0 Å². The molecule has 0 aromatic carbocycles. The van der Waals surface area contributed by atoms with Crippen molar-refractivity contribution < 1.29 is 10.0 Å². The Morgan fingerprint density at radius 3 is 3.23 bits per heavy atom. The maximum absolute atomic E-state index is 10.3. The summed E-state index contributed by atoms with van der Waals surface area (Å²) >= 11 is 0. The predicted molar refractivity (Wildman–Crippen MR) is 39.3 cm³/mol. The van der Waals surface area contributed by atoms with E-state index in [9.17, 15) is 15.2 Å². The van der Waals surface area contributed by atoms with E-state index >= 15 is 0 Å². The third kappa shape index (κ3) is 1.02. The van der Waals surface area contributed by atoms with E-state index in [-0.39, 0.29) is 5.95 Å². The Labute approximate surface area is 70.8 Å². The van der Waals surface area contributed by atoms with Gasteiger partial charge >= 0.3 is 5.84 Å². The first-order valence-corrected chi connectivity index (χ1v) is 3.25. The van der Waals surface area contributed by atoms with Crippen molar-refractivity contribution >= 4 is 11.8 Å². The molecule has 0 saturated heterocycles. The Morgan fingerprint density at radius 2 is 2.54 bits per heavy atom. The number of aliphatic hydroxyl groups is 1. The van der Waals surface area contributed by atoms with Gasteiger partial charge in [0, 0.05) is 0 Å². The van der Waals surface area contributed by atoms with Crippen molar-refractivity contribution in [2.75, 3.05) is 5.43 Å². The molecule has 9 heteroatoms. The molecule has 0 radical (unpaired) electrons. The number of rotatable bonds is 0. The number of nitro groups is 1. The predicted octanol–water partition coefficient (Wildman–Crippen LogP) is -1.22. The first kappa shape index (κ1) is 7.61. The minimum Gasteiger partial charge on any atom is -0.362 e. The molecule has 0 unspecified atom stereocenters. The van der Waals surface area contributed by atoms with Crippen LogP contribution in [0.3, 0.4) is 0 Å². The van der Waals surface area contributed by atoms with Crippen LogP contribution in [-0.2, 0) is 0 Å². The molecular weight excluding hydrogens is 180 g/mol. The maximum atomic E-state index is 10.3. The van der Waals surface area contributed by atoms with Crippen molar-refractivity contribution in [3.05, 3.63) is 16.4 Å². The summed E-state index contributed by atoms with van der Waals surface area (Å²) in [6.07, 6.45) is -0.335. The van der Waals surface area contributed by atoms with Gasteiger partial charge in [-0.05, 0) is 4.92 Å². The van der Waals surface area contributed by atoms with Crippen LogP contribution in [0.5, 0.6) is 0 Å². The minimum absolute atomic E-state index is 0.165. The van der Waals surface area contributed by atoms with Crippen LogP contribution in [0.4, 0.5) is 5.95 Å². The molecule has 0 spiro atoms. The molecular formula is C4H4N6O3. The summed E-state index contributed by atoms with van der Waals surface area (Å²) in [5.41, 5.74) is 2.28. The zero-order valence-corrected chi connectivity index (χ0v) is 6.15. The third-order valence-corrected chi connectivity index (χ3v) is 1.49. The number of hydrogen-bond donors (Lipinski definition) is 2. The van der Waals surface area contributed by atoms with E-state index in [1.807, 2.05) is 0 Å². The van der Waals surface area contributed by atoms with Gasteiger partial charge in [0.2, 0.25) is 0 Å². The number of hydrogen-bond acceptors (Lipinski definition) is 7. The summed E-state index contributed by atoms with van der Waals surface area (Å²) in [5, 5.41) is 26.5. The van der Waals surface area contributed by atoms with Gasteiger partial charge in [0.15, 0.2) is 0 Å². The van der Waals surface area contributed by atoms with Gasteiger partial charge in [-0.25, -0.2) is 0 Å². The monoisotopic (exact) mass is 184 g/mol. The van der Waals surface area contributed by atoms with Crippen LogP contribution in [0, 0.1) is 10.1 Å². The molecule has 0 fully saturated rings. The molecule has 1 atom stereocenters. The van der Waals surface area contributed by atoms with Crippen molar-refractivity contribution in [2.24, 2.45) is 5.10 Å². The fraction of sp³-hybridized carbons (Fsp3) is 0.250. The molecule has 0 aliphatic carbocycles. The number of fused-ring (bicyclic) bond motifs is 1. The number of anilines is 1. The molecule has 2 N–H and O–H groups in total. The lowest BCUT2D eigenvalue weighted by atomic mass is 10.5. The van der Waals surface area contributed by atoms with E-state index < -0.39 is 17.0 Å². The summed E-state index contributed by atoms with van der Waals surface area (Å²) in [6, 6.07) is 0. The lowest BCUT2D eigenvalue weighted by Crippen LogP contribution is -2.32. The average molecular weight is 184 g/mol. The molecule has 13 heavy (non-hydrogen) atoms. The summed E-state index contributed by atoms with van der Waals surface area (Å²) < 4.78 is 0.963. The highest BCUT2D eigenvalue weighted by Gasteiger charge is 2.33. The van der Waals surface area contributed by atoms with Crippen LogP contribution in [0.2, 0.25) is 0 Å². The smallest absolute Gasteiger partial charge is 0.362 e. The van der Waals surface area contributed by atoms with Crippen molar-refractivity contribution in [1.29, 1.82) is 0 Å². The van der Waals surface area contributed by atoms with E-state index in [4.69, 9.17) is 0 Å². The zero-order chi connectivity index (χ0) is 9.42. The molecule has 2 rings (SSSR count). The van der Waals surface area contributed by atoms with Gasteiger partial charge in [0.25, 0.3) is 12.2 Å². The molecule has 0 saturated carbocycles. The fourth-order valence-electron chi connectivity index (χ4n) is 0.919. The zero-order valence-electron chi connectivity index (χ0n) is 6.15. The largest absolute Gasteiger partial charge is 0.415 e. The van der Waals surface area contributed by atoms with Crippen LogP contribution in [0.1, 0.15) is 6.23 Å². The first-order valence-electron chi connectivity index (χ1n) is 3.25. The van der Waals surface area contributed by atoms with Crippen LogP contribution in [0.15, 0.2) is 11.4 Å². The quantitative estimate of drug-likeness (QED) is 0.385. The molecule has 1 aromatic rings. The van der Waals surface area contributed by atoms with Crippen LogP contribution < -0.4 is 5.43 Å². The number of aromatic nitrogens is 3. The second kappa shape index (κ2) is 2.48. The topological polar surface area (TPSA) is 118 Å². The first-order chi connectivity index (χ1) is 6.20. The summed E-state index contributed by atoms with van der Waals surface area (Å²) in [6.45, 7) is 0. The lowest BCUT2D eigenvalue weighted by molar-refractivity contribution is -0.362. The molecule has 1 aliphatic rings. The highest BCUT2D eigenvalue weighted by atomic mass is 16.6. The van der Waals surface area contributed by atoms with Crippen molar-refractivity contribution in [1.82, 2.24) is 14.8 Å². The maximum Gasteiger partial charge on any atom is 0.415 e. The number of hydrazone groups is 1. The van der Waals surface area contributed by atoms with E-state index in [2.05, 4.69) is 20.6 Å². The van der Waals surface area contributed by atoms with Gasteiger partial charge in [0.05, 0.1) is 5.10 Å². The van der Waals surface area contributed by atoms with Gasteiger partial charge in [-0.2, -0.15) is 14.8 Å². The Morgan fingerprint density at radius 1 is 1.77 bits per heavy atom. The van der Waals surface area contributed by atoms with Crippen LogP contribution >= 0.6 is 0 Å². The summed E-state index contributed by atoms with van der Waals surface area (Å²) in [4.78, 5) is 13.2. The highest BCUT2D eigenvalue weighted by molar-refractivity contribution is 5.79. The Bertz CT molecular complexity index is 383. The number of aliphatic hydroxyl groups excluding tert-OH is 1. The number of amidine groups is 1. The average Bonchev–Trinajstić information content (AvgIpc) is 2.52. The molecule has 0 amide bonds. The molecule has 68 valence electrons. The van der Waals surface area contributed by atoms with E-state index in [0.717, 1.165) is 11.0 Å². The van der Waals surface area contributed by atoms with Gasteiger partial charge in [0.1, 0.15) is 6.33 Å². The Hall–Kier alpha value is -2.03. The molecule has 0 bridgehead atoms. The van der Waals surface area contributed by atoms with Gasteiger partial charge in [-0.1, -0.05) is 0 Å². The molecule has 2 heterocycles. The third-order valence-electron chi connectivity index (χ3n) is 1.49. The molecule has 9 nitrogen and oxygen atoms in total. The van der Waals surface area contributed by atoms with Gasteiger partial charge in [-0.15, -0.1) is 5.43 Å². The summed E-state index contributed by atoms with van der Waals surface area (Å²) in [7, 11) is 0. The van der Waals surface area contributed by atoms with E-state index in [0.29, 0.717) is 0 Å². The highest BCUT2D eigenvalue weighted by Crippen LogP contribution is 2.15. The van der Waals surface area contributed by atoms with Gasteiger partial charge < -0.3 is 15.2 Å². The van der Waals surface area contributed by atoms with Crippen LogP contribution in [0.25, 0.3) is 0 Å². The number of nitrogens with zero attached hydrogens (tertiary/aromatic N) is 5. The van der Waals surface area contributed by atoms with Crippen molar-refractivity contribution in [3.8, 4) is 0 Å². The Kier molecular flexibility index (Phi) is 1.45. The second-order valence-corrected chi connectivity index (χ2v) is 2.24. The van der Waals surface area contributed by atoms with Gasteiger partial charge in [-0.3, -0.25) is 0 Å². The van der Waals surface area contributed by atoms with E-state index in [1.165, 1.54) is 0 Å². The van der Waals surface area contributed by atoms with Crippen LogP contribution in [-0.4, -0.2) is 30.6 Å². The van der Waals surface area contributed by atoms with Crippen molar-refractivity contribution in [2.45, 2.75) is 6.23 Å². The standard InChI is InChI=1S/C4H4N6O3/c11-3-2(10(12)13)7-8-4-5-1-6-9(3)4/h1,3,11H,(H,5,6,8)/t3-/m1/s1. The normalized spacial score (nSPS) is 20.1. The number of nitrogens with one attached hydrogen (secondary N) is 1. The second-order valence-electron chi connectivity index (χ2n) is 2.24. The molecule has 1 aromatic heterocycles. The summed E-state index contributed by atoms with van der Waals surface area (Å²) in [5.74, 6) is -0.448. The SMILES string of the molecule is O=[N+]([O-])C1=NNc2ncnn2[C@@H]1O. The fourth-order valence-corrected chi connectivity index (χ4v) is 0.919. The molecule has 1 aliphatic heterocycles. The Balaban J connectivity index is 2.41.